The summed E-state index contributed by atoms with van der Waals surface area (Å²) in [5.41, 5.74) is 2.44. The first-order valence-electron chi connectivity index (χ1n) is 10.9. The highest BCUT2D eigenvalue weighted by Crippen LogP contribution is 2.25. The third-order valence-electron chi connectivity index (χ3n) is 6.04. The van der Waals surface area contributed by atoms with E-state index in [1.54, 1.807) is 0 Å². The molecule has 0 unspecified atom stereocenters. The van der Waals surface area contributed by atoms with Crippen molar-refractivity contribution in [2.75, 3.05) is 36.8 Å². The molecule has 160 valence electrons. The Bertz CT molecular complexity index is 730. The van der Waals surface area contributed by atoms with Crippen molar-refractivity contribution >= 4 is 23.4 Å². The predicted octanol–water partition coefficient (Wildman–Crippen LogP) is 5.01. The van der Waals surface area contributed by atoms with E-state index in [4.69, 9.17) is 0 Å². The van der Waals surface area contributed by atoms with Crippen LogP contribution in [0.15, 0.2) is 18.2 Å². The van der Waals surface area contributed by atoms with Crippen molar-refractivity contribution in [3.05, 3.63) is 23.8 Å². The van der Waals surface area contributed by atoms with Crippen molar-refractivity contribution in [1.82, 2.24) is 9.80 Å². The van der Waals surface area contributed by atoms with Crippen LogP contribution in [0.2, 0.25) is 0 Å². The Morgan fingerprint density at radius 3 is 1.72 bits per heavy atom. The molecule has 0 aliphatic carbocycles. The molecule has 2 aliphatic rings. The molecule has 0 bridgehead atoms. The third kappa shape index (κ3) is 5.64. The fraction of sp³-hybridized carbons (Fsp3) is 0.652. The Labute approximate surface area is 175 Å². The number of hydrogen-bond acceptors (Lipinski definition) is 2. The van der Waals surface area contributed by atoms with Crippen LogP contribution in [0.1, 0.15) is 46.1 Å². The van der Waals surface area contributed by atoms with Crippen LogP contribution in [0.4, 0.5) is 21.0 Å². The predicted molar refractivity (Wildman–Crippen MR) is 118 cm³/mol. The zero-order valence-corrected chi connectivity index (χ0v) is 18.5. The highest BCUT2D eigenvalue weighted by atomic mass is 16.2. The van der Waals surface area contributed by atoms with Gasteiger partial charge in [0, 0.05) is 37.6 Å². The zero-order valence-electron chi connectivity index (χ0n) is 18.5. The van der Waals surface area contributed by atoms with Crippen LogP contribution in [-0.2, 0) is 0 Å². The average Bonchev–Trinajstić information content (AvgIpc) is 2.62. The monoisotopic (exact) mass is 400 g/mol. The number of nitrogens with zero attached hydrogens (tertiary/aromatic N) is 2. The largest absolute Gasteiger partial charge is 0.324 e. The van der Waals surface area contributed by atoms with Crippen LogP contribution in [0.5, 0.6) is 0 Å². The minimum absolute atomic E-state index is 0.0614. The van der Waals surface area contributed by atoms with E-state index in [1.165, 1.54) is 0 Å². The number of hydrogen-bond donors (Lipinski definition) is 2. The lowest BCUT2D eigenvalue weighted by atomic mass is 9.92. The molecule has 3 rings (SSSR count). The molecule has 1 aromatic carbocycles. The van der Waals surface area contributed by atoms with Gasteiger partial charge in [-0.2, -0.15) is 0 Å². The minimum atomic E-state index is -0.0665. The van der Waals surface area contributed by atoms with E-state index in [2.05, 4.69) is 38.3 Å². The Kier molecular flexibility index (Phi) is 6.70. The number of likely N-dealkylation sites (tertiary alicyclic amines) is 2. The summed E-state index contributed by atoms with van der Waals surface area (Å²) in [5.74, 6) is 2.08. The van der Waals surface area contributed by atoms with Crippen molar-refractivity contribution in [1.29, 1.82) is 0 Å². The molecule has 4 atom stereocenters. The molecule has 2 heterocycles. The number of anilines is 2. The summed E-state index contributed by atoms with van der Waals surface area (Å²) in [6, 6.07) is 5.56. The fourth-order valence-corrected chi connectivity index (χ4v) is 4.89. The lowest BCUT2D eigenvalue weighted by Crippen LogP contribution is -2.45. The van der Waals surface area contributed by atoms with Gasteiger partial charge in [0.05, 0.1) is 0 Å². The second-order valence-electron chi connectivity index (χ2n) is 9.59. The normalized spacial score (nSPS) is 27.5. The summed E-state index contributed by atoms with van der Waals surface area (Å²) in [4.78, 5) is 29.3. The van der Waals surface area contributed by atoms with Crippen molar-refractivity contribution in [3.8, 4) is 0 Å². The Balaban J connectivity index is 1.65. The third-order valence-corrected chi connectivity index (χ3v) is 6.04. The average molecular weight is 401 g/mol. The molecule has 2 N–H and O–H groups in total. The van der Waals surface area contributed by atoms with Crippen molar-refractivity contribution in [2.24, 2.45) is 23.7 Å². The van der Waals surface area contributed by atoms with E-state index in [-0.39, 0.29) is 12.1 Å². The number of benzene rings is 1. The number of rotatable bonds is 2. The summed E-state index contributed by atoms with van der Waals surface area (Å²) >= 11 is 0. The summed E-state index contributed by atoms with van der Waals surface area (Å²) in [5, 5.41) is 6.06. The number of aryl methyl sites for hydroxylation is 1. The first kappa shape index (κ1) is 21.5. The van der Waals surface area contributed by atoms with Gasteiger partial charge in [-0.05, 0) is 61.1 Å². The molecule has 2 saturated heterocycles. The molecule has 0 spiro atoms. The topological polar surface area (TPSA) is 64.7 Å². The van der Waals surface area contributed by atoms with E-state index in [1.807, 2.05) is 34.9 Å². The maximum Gasteiger partial charge on any atom is 0.321 e. The van der Waals surface area contributed by atoms with Gasteiger partial charge < -0.3 is 20.4 Å². The number of carbonyl (C=O) groups excluding carboxylic acids is 2. The highest BCUT2D eigenvalue weighted by molar-refractivity contribution is 5.93. The van der Waals surface area contributed by atoms with E-state index >= 15 is 0 Å². The van der Waals surface area contributed by atoms with Crippen LogP contribution >= 0.6 is 0 Å². The lowest BCUT2D eigenvalue weighted by Gasteiger charge is -2.35. The molecule has 6 heteroatoms. The smallest absolute Gasteiger partial charge is 0.321 e. The Morgan fingerprint density at radius 1 is 0.793 bits per heavy atom. The minimum Gasteiger partial charge on any atom is -0.324 e. The fourth-order valence-electron chi connectivity index (χ4n) is 4.89. The van der Waals surface area contributed by atoms with Crippen LogP contribution in [0, 0.1) is 30.6 Å². The lowest BCUT2D eigenvalue weighted by molar-refractivity contribution is 0.156. The summed E-state index contributed by atoms with van der Waals surface area (Å²) in [7, 11) is 0. The number of amides is 4. The summed E-state index contributed by atoms with van der Waals surface area (Å²) in [6.07, 6.45) is 2.33. The van der Waals surface area contributed by atoms with E-state index in [0.29, 0.717) is 29.4 Å². The summed E-state index contributed by atoms with van der Waals surface area (Å²) < 4.78 is 0. The molecule has 0 aromatic heterocycles. The summed E-state index contributed by atoms with van der Waals surface area (Å²) in [6.45, 7) is 13.9. The van der Waals surface area contributed by atoms with Crippen LogP contribution < -0.4 is 10.6 Å². The Hall–Kier alpha value is -2.24. The first-order chi connectivity index (χ1) is 13.7. The molecular formula is C23H36N4O2. The van der Waals surface area contributed by atoms with Gasteiger partial charge in [0.2, 0.25) is 0 Å². The van der Waals surface area contributed by atoms with Crippen molar-refractivity contribution in [2.45, 2.75) is 47.5 Å². The van der Waals surface area contributed by atoms with Gasteiger partial charge in [0.1, 0.15) is 0 Å². The molecule has 2 aliphatic heterocycles. The first-order valence-corrected chi connectivity index (χ1v) is 10.9. The van der Waals surface area contributed by atoms with E-state index < -0.39 is 0 Å². The van der Waals surface area contributed by atoms with Gasteiger partial charge >= 0.3 is 12.1 Å². The molecule has 29 heavy (non-hydrogen) atoms. The molecular weight excluding hydrogens is 364 g/mol. The molecule has 2 fully saturated rings. The maximum absolute atomic E-state index is 12.8. The number of urea groups is 2. The van der Waals surface area contributed by atoms with Gasteiger partial charge in [-0.1, -0.05) is 33.8 Å². The number of nitrogens with one attached hydrogen (secondary N) is 2. The van der Waals surface area contributed by atoms with Gasteiger partial charge in [0.25, 0.3) is 0 Å². The van der Waals surface area contributed by atoms with E-state index in [0.717, 1.165) is 50.3 Å². The van der Waals surface area contributed by atoms with E-state index in [9.17, 15) is 9.59 Å². The second kappa shape index (κ2) is 9.06. The van der Waals surface area contributed by atoms with Gasteiger partial charge in [-0.3, -0.25) is 0 Å². The standard InChI is InChI=1S/C23H36N4O2/c1-15-8-16(2)12-26(11-15)22(28)24-20-7-6-19(5)21(10-20)25-23(29)27-13-17(3)9-18(4)14-27/h6-7,10,15-18H,8-9,11-14H2,1-5H3,(H,24,28)(H,25,29)/t15-,16+,17-,18-/m0/s1. The van der Waals surface area contributed by atoms with Crippen LogP contribution in [0.3, 0.4) is 0 Å². The molecule has 4 amide bonds. The quantitative estimate of drug-likeness (QED) is 0.732. The number of carbonyl (C=O) groups is 2. The maximum atomic E-state index is 12.8. The number of piperidine rings is 2. The van der Waals surface area contributed by atoms with Gasteiger partial charge in [0.15, 0.2) is 0 Å². The van der Waals surface area contributed by atoms with Crippen LogP contribution in [-0.4, -0.2) is 48.0 Å². The van der Waals surface area contributed by atoms with Crippen molar-refractivity contribution < 1.29 is 9.59 Å². The molecule has 0 saturated carbocycles. The van der Waals surface area contributed by atoms with Crippen LogP contribution in [0.25, 0.3) is 0 Å². The SMILES string of the molecule is Cc1ccc(NC(=O)N2C[C@H](C)C[C@H](C)C2)cc1NC(=O)N1C[C@@H](C)C[C@H](C)C1. The Morgan fingerprint density at radius 2 is 1.24 bits per heavy atom. The van der Waals surface area contributed by atoms with Crippen molar-refractivity contribution in [3.63, 3.8) is 0 Å². The van der Waals surface area contributed by atoms with Gasteiger partial charge in [-0.15, -0.1) is 0 Å². The van der Waals surface area contributed by atoms with Gasteiger partial charge in [-0.25, -0.2) is 9.59 Å². The molecule has 0 radical (unpaired) electrons. The second-order valence-corrected chi connectivity index (χ2v) is 9.59. The molecule has 6 nitrogen and oxygen atoms in total. The molecule has 1 aromatic rings. The highest BCUT2D eigenvalue weighted by Gasteiger charge is 2.27. The zero-order chi connectivity index (χ0) is 21.1.